The van der Waals surface area contributed by atoms with Crippen LogP contribution in [-0.4, -0.2) is 30.1 Å². The highest BCUT2D eigenvalue weighted by Gasteiger charge is 2.34. The number of thiophene rings is 2. The lowest BCUT2D eigenvalue weighted by Crippen LogP contribution is -2.30. The Bertz CT molecular complexity index is 819. The number of fused-ring (bicyclic) bond motifs is 1. The van der Waals surface area contributed by atoms with E-state index in [1.54, 1.807) is 6.07 Å². The first kappa shape index (κ1) is 20.0. The van der Waals surface area contributed by atoms with E-state index in [0.717, 1.165) is 24.8 Å². The van der Waals surface area contributed by atoms with E-state index in [1.807, 2.05) is 11.4 Å². The smallest absolute Gasteiger partial charge is 0.266 e. The van der Waals surface area contributed by atoms with Crippen molar-refractivity contribution in [3.63, 3.8) is 0 Å². The molecule has 0 aromatic carbocycles. The fourth-order valence-electron chi connectivity index (χ4n) is 3.48. The number of aliphatic hydroxyl groups is 1. The van der Waals surface area contributed by atoms with E-state index in [1.165, 1.54) is 27.6 Å². The number of rotatable bonds is 5. The molecular weight excluding hydrogens is 380 g/mol. The molecule has 0 spiro atoms. The molecule has 3 rings (SSSR count). The molecule has 2 heterocycles. The Balaban J connectivity index is 1.93. The predicted molar refractivity (Wildman–Crippen MR) is 111 cm³/mol. The van der Waals surface area contributed by atoms with Gasteiger partial charge in [-0.05, 0) is 47.6 Å². The van der Waals surface area contributed by atoms with Crippen LogP contribution in [0.5, 0.6) is 0 Å². The van der Waals surface area contributed by atoms with Crippen molar-refractivity contribution in [1.29, 1.82) is 0 Å². The second-order valence-electron chi connectivity index (χ2n) is 7.92. The van der Waals surface area contributed by atoms with Crippen LogP contribution in [0.2, 0.25) is 0 Å². The third-order valence-corrected chi connectivity index (χ3v) is 7.12. The molecule has 1 aliphatic rings. The summed E-state index contributed by atoms with van der Waals surface area (Å²) in [7, 11) is 0. The quantitative estimate of drug-likeness (QED) is 0.704. The lowest BCUT2D eigenvalue weighted by atomic mass is 9.72. The Labute approximate surface area is 167 Å². The number of aliphatic hydroxyl groups excluding tert-OH is 1. The molecule has 3 N–H and O–H groups in total. The Morgan fingerprint density at radius 3 is 2.70 bits per heavy atom. The molecule has 2 aromatic heterocycles. The average molecular weight is 407 g/mol. The van der Waals surface area contributed by atoms with Gasteiger partial charge in [-0.2, -0.15) is 0 Å². The summed E-state index contributed by atoms with van der Waals surface area (Å²) in [6, 6.07) is 3.61. The fraction of sp³-hybridized carbons (Fsp3) is 0.500. The van der Waals surface area contributed by atoms with Gasteiger partial charge in [-0.3, -0.25) is 9.59 Å². The van der Waals surface area contributed by atoms with Crippen molar-refractivity contribution in [2.24, 2.45) is 11.3 Å². The minimum absolute atomic E-state index is 0.110. The number of hydrogen-bond donors (Lipinski definition) is 3. The van der Waals surface area contributed by atoms with Crippen molar-refractivity contribution >= 4 is 39.5 Å². The molecule has 1 atom stereocenters. The number of amides is 2. The first-order valence-electron chi connectivity index (χ1n) is 9.19. The summed E-state index contributed by atoms with van der Waals surface area (Å²) in [5, 5.41) is 17.2. The van der Waals surface area contributed by atoms with Gasteiger partial charge in [-0.1, -0.05) is 26.8 Å². The van der Waals surface area contributed by atoms with Crippen molar-refractivity contribution < 1.29 is 14.7 Å². The van der Waals surface area contributed by atoms with Gasteiger partial charge in [-0.15, -0.1) is 22.7 Å². The number of anilines is 1. The molecule has 0 fully saturated rings. The molecule has 2 aromatic rings. The minimum Gasteiger partial charge on any atom is -0.395 e. The van der Waals surface area contributed by atoms with E-state index < -0.39 is 0 Å². The molecule has 2 amide bonds. The number of carbonyl (C=O) groups is 2. The Kier molecular flexibility index (Phi) is 6.03. The summed E-state index contributed by atoms with van der Waals surface area (Å²) in [4.78, 5) is 27.1. The highest BCUT2D eigenvalue weighted by molar-refractivity contribution is 7.17. The molecule has 0 aliphatic heterocycles. The van der Waals surface area contributed by atoms with Crippen LogP contribution in [0, 0.1) is 11.3 Å². The first-order valence-corrected chi connectivity index (χ1v) is 10.9. The molecule has 0 unspecified atom stereocenters. The van der Waals surface area contributed by atoms with Crippen molar-refractivity contribution in [1.82, 2.24) is 5.32 Å². The van der Waals surface area contributed by atoms with Crippen LogP contribution >= 0.6 is 22.7 Å². The maximum absolute atomic E-state index is 12.7. The van der Waals surface area contributed by atoms with Gasteiger partial charge in [0.2, 0.25) is 0 Å². The molecule has 0 saturated carbocycles. The topological polar surface area (TPSA) is 78.4 Å². The van der Waals surface area contributed by atoms with Crippen LogP contribution in [0.25, 0.3) is 0 Å². The SMILES string of the molecule is CC(C)(C)[C@H]1CCc2c(sc(NC(=O)c3cccs3)c2C(=O)NCCO)C1. The lowest BCUT2D eigenvalue weighted by molar-refractivity contribution is 0.0944. The van der Waals surface area contributed by atoms with Crippen LogP contribution in [-0.2, 0) is 12.8 Å². The first-order chi connectivity index (χ1) is 12.8. The number of hydrogen-bond acceptors (Lipinski definition) is 5. The summed E-state index contributed by atoms with van der Waals surface area (Å²) < 4.78 is 0. The van der Waals surface area contributed by atoms with E-state index in [0.29, 0.717) is 21.4 Å². The highest BCUT2D eigenvalue weighted by atomic mass is 32.1. The standard InChI is InChI=1S/C20H26N2O3S2/c1-20(2,3)12-6-7-13-15(11-12)27-19(16(13)18(25)21-8-9-23)22-17(24)14-5-4-10-26-14/h4-5,10,12,23H,6-9,11H2,1-3H3,(H,21,25)(H,22,24)/t12-/m0/s1. The molecular formula is C20H26N2O3S2. The maximum atomic E-state index is 12.7. The monoisotopic (exact) mass is 406 g/mol. The Hall–Kier alpha value is -1.70. The zero-order chi connectivity index (χ0) is 19.6. The summed E-state index contributed by atoms with van der Waals surface area (Å²) in [5.74, 6) is 0.141. The second-order valence-corrected chi connectivity index (χ2v) is 9.98. The van der Waals surface area contributed by atoms with Gasteiger partial charge in [0, 0.05) is 11.4 Å². The molecule has 0 bridgehead atoms. The van der Waals surface area contributed by atoms with Crippen LogP contribution in [0.3, 0.4) is 0 Å². The molecule has 146 valence electrons. The summed E-state index contributed by atoms with van der Waals surface area (Å²) >= 11 is 2.89. The van der Waals surface area contributed by atoms with E-state index in [9.17, 15) is 9.59 Å². The largest absolute Gasteiger partial charge is 0.395 e. The third kappa shape index (κ3) is 4.42. The minimum atomic E-state index is -0.225. The number of nitrogens with one attached hydrogen (secondary N) is 2. The van der Waals surface area contributed by atoms with Crippen molar-refractivity contribution in [3.05, 3.63) is 38.4 Å². The molecule has 5 nitrogen and oxygen atoms in total. The van der Waals surface area contributed by atoms with E-state index in [-0.39, 0.29) is 30.4 Å². The predicted octanol–water partition coefficient (Wildman–Crippen LogP) is 3.94. The van der Waals surface area contributed by atoms with Crippen LogP contribution in [0.15, 0.2) is 17.5 Å². The van der Waals surface area contributed by atoms with Gasteiger partial charge in [0.05, 0.1) is 17.0 Å². The Morgan fingerprint density at radius 1 is 1.30 bits per heavy atom. The van der Waals surface area contributed by atoms with Gasteiger partial charge in [0.25, 0.3) is 11.8 Å². The van der Waals surface area contributed by atoms with Gasteiger partial charge in [0.15, 0.2) is 0 Å². The second kappa shape index (κ2) is 8.12. The average Bonchev–Trinajstić information content (AvgIpc) is 3.25. The summed E-state index contributed by atoms with van der Waals surface area (Å²) in [5.41, 5.74) is 1.83. The normalized spacial score (nSPS) is 16.7. The maximum Gasteiger partial charge on any atom is 0.266 e. The van der Waals surface area contributed by atoms with Gasteiger partial charge in [0.1, 0.15) is 5.00 Å². The third-order valence-electron chi connectivity index (χ3n) is 5.09. The zero-order valence-corrected chi connectivity index (χ0v) is 17.6. The van der Waals surface area contributed by atoms with Crippen molar-refractivity contribution in [3.8, 4) is 0 Å². The highest BCUT2D eigenvalue weighted by Crippen LogP contribution is 2.44. The van der Waals surface area contributed by atoms with Crippen LogP contribution in [0.4, 0.5) is 5.00 Å². The van der Waals surface area contributed by atoms with E-state index in [4.69, 9.17) is 5.11 Å². The Morgan fingerprint density at radius 2 is 2.07 bits per heavy atom. The van der Waals surface area contributed by atoms with Gasteiger partial charge < -0.3 is 15.7 Å². The molecule has 7 heteroatoms. The van der Waals surface area contributed by atoms with Gasteiger partial charge in [-0.25, -0.2) is 0 Å². The van der Waals surface area contributed by atoms with Crippen molar-refractivity contribution in [2.45, 2.75) is 40.0 Å². The lowest BCUT2D eigenvalue weighted by Gasteiger charge is -2.33. The fourth-order valence-corrected chi connectivity index (χ4v) is 5.42. The summed E-state index contributed by atoms with van der Waals surface area (Å²) in [6.45, 7) is 6.85. The zero-order valence-electron chi connectivity index (χ0n) is 15.9. The molecule has 1 aliphatic carbocycles. The van der Waals surface area contributed by atoms with Crippen LogP contribution in [0.1, 0.15) is 57.7 Å². The van der Waals surface area contributed by atoms with Crippen LogP contribution < -0.4 is 10.6 Å². The summed E-state index contributed by atoms with van der Waals surface area (Å²) in [6.07, 6.45) is 2.80. The van der Waals surface area contributed by atoms with Gasteiger partial charge >= 0.3 is 0 Å². The van der Waals surface area contributed by atoms with Crippen molar-refractivity contribution in [2.75, 3.05) is 18.5 Å². The molecule has 27 heavy (non-hydrogen) atoms. The molecule has 0 saturated heterocycles. The molecule has 0 radical (unpaired) electrons. The van der Waals surface area contributed by atoms with E-state index in [2.05, 4.69) is 31.4 Å². The van der Waals surface area contributed by atoms with E-state index >= 15 is 0 Å². The number of carbonyl (C=O) groups excluding carboxylic acids is 2.